The van der Waals surface area contributed by atoms with Crippen LogP contribution in [0.15, 0.2) is 24.3 Å². The fourth-order valence-corrected chi connectivity index (χ4v) is 3.00. The summed E-state index contributed by atoms with van der Waals surface area (Å²) in [5, 5.41) is 0. The third kappa shape index (κ3) is 2.61. The molecule has 1 saturated heterocycles. The molecular formula is C15H20N2O3. The first-order valence-corrected chi connectivity index (χ1v) is 6.75. The van der Waals surface area contributed by atoms with Crippen molar-refractivity contribution in [1.82, 2.24) is 4.90 Å². The van der Waals surface area contributed by atoms with Gasteiger partial charge in [0.15, 0.2) is 0 Å². The number of nitrogens with two attached hydrogens (primary N) is 1. The topological polar surface area (TPSA) is 72.6 Å². The quantitative estimate of drug-likeness (QED) is 0.895. The van der Waals surface area contributed by atoms with Gasteiger partial charge in [-0.1, -0.05) is 24.3 Å². The van der Waals surface area contributed by atoms with Crippen molar-refractivity contribution in [3.63, 3.8) is 0 Å². The molecule has 1 aliphatic rings. The summed E-state index contributed by atoms with van der Waals surface area (Å²) in [6, 6.07) is 7.26. The van der Waals surface area contributed by atoms with E-state index in [1.54, 1.807) is 0 Å². The normalized spacial score (nSPS) is 22.4. The van der Waals surface area contributed by atoms with Crippen molar-refractivity contribution in [2.45, 2.75) is 31.7 Å². The van der Waals surface area contributed by atoms with E-state index in [0.717, 1.165) is 24.0 Å². The van der Waals surface area contributed by atoms with Crippen molar-refractivity contribution in [3.05, 3.63) is 35.4 Å². The Labute approximate surface area is 118 Å². The first kappa shape index (κ1) is 14.4. The lowest BCUT2D eigenvalue weighted by Gasteiger charge is -2.39. The molecule has 1 fully saturated rings. The van der Waals surface area contributed by atoms with Crippen molar-refractivity contribution in [3.8, 4) is 0 Å². The number of amides is 2. The number of rotatable bonds is 2. The number of likely N-dealkylation sites (tertiary alicyclic amines) is 1. The molecule has 1 aromatic carbocycles. The Kier molecular flexibility index (Phi) is 4.27. The summed E-state index contributed by atoms with van der Waals surface area (Å²) >= 11 is 0. The number of piperidine rings is 1. The Morgan fingerprint density at radius 1 is 1.35 bits per heavy atom. The van der Waals surface area contributed by atoms with Crippen LogP contribution < -0.4 is 5.73 Å². The zero-order valence-electron chi connectivity index (χ0n) is 11.8. The number of primary amides is 1. The van der Waals surface area contributed by atoms with Crippen molar-refractivity contribution >= 4 is 12.0 Å². The van der Waals surface area contributed by atoms with Gasteiger partial charge in [-0.2, -0.15) is 0 Å². The fourth-order valence-electron chi connectivity index (χ4n) is 3.00. The molecule has 2 atom stereocenters. The zero-order valence-corrected chi connectivity index (χ0v) is 11.8. The molecule has 0 aliphatic carbocycles. The van der Waals surface area contributed by atoms with E-state index in [0.29, 0.717) is 6.54 Å². The van der Waals surface area contributed by atoms with Gasteiger partial charge in [0.2, 0.25) is 5.91 Å². The van der Waals surface area contributed by atoms with Crippen molar-refractivity contribution < 1.29 is 14.3 Å². The number of ether oxygens (including phenoxy) is 1. The highest BCUT2D eigenvalue weighted by Crippen LogP contribution is 2.34. The first-order chi connectivity index (χ1) is 9.56. The Hall–Kier alpha value is -2.04. The molecule has 1 heterocycles. The summed E-state index contributed by atoms with van der Waals surface area (Å²) in [5.74, 6) is -0.551. The van der Waals surface area contributed by atoms with Crippen LogP contribution in [0.2, 0.25) is 0 Å². The molecule has 0 spiro atoms. The fraction of sp³-hybridized carbons (Fsp3) is 0.467. The summed E-state index contributed by atoms with van der Waals surface area (Å²) in [6.07, 6.45) is 1.18. The van der Waals surface area contributed by atoms with Gasteiger partial charge in [-0.05, 0) is 30.9 Å². The molecule has 1 aromatic rings. The summed E-state index contributed by atoms with van der Waals surface area (Å²) in [6.45, 7) is 2.51. The maximum absolute atomic E-state index is 11.9. The van der Waals surface area contributed by atoms with E-state index >= 15 is 0 Å². The summed E-state index contributed by atoms with van der Waals surface area (Å²) < 4.78 is 4.76. The van der Waals surface area contributed by atoms with Crippen molar-refractivity contribution in [1.29, 1.82) is 0 Å². The number of carbonyl (C=O) groups is 2. The number of methoxy groups -OCH3 is 1. The van der Waals surface area contributed by atoms with Gasteiger partial charge in [0, 0.05) is 12.5 Å². The Balaban J connectivity index is 2.38. The molecule has 2 unspecified atom stereocenters. The average molecular weight is 276 g/mol. The largest absolute Gasteiger partial charge is 0.453 e. The number of hydrogen-bond donors (Lipinski definition) is 1. The van der Waals surface area contributed by atoms with Crippen LogP contribution in [0.25, 0.3) is 0 Å². The number of hydrogen-bond acceptors (Lipinski definition) is 3. The highest BCUT2D eigenvalue weighted by molar-refractivity contribution is 5.85. The van der Waals surface area contributed by atoms with E-state index in [4.69, 9.17) is 10.5 Å². The summed E-state index contributed by atoms with van der Waals surface area (Å²) in [4.78, 5) is 25.1. The van der Waals surface area contributed by atoms with Crippen LogP contribution in [0.5, 0.6) is 0 Å². The van der Waals surface area contributed by atoms with E-state index in [2.05, 4.69) is 0 Å². The van der Waals surface area contributed by atoms with Gasteiger partial charge in [-0.25, -0.2) is 4.79 Å². The average Bonchev–Trinajstić information content (AvgIpc) is 2.46. The number of benzene rings is 1. The predicted molar refractivity (Wildman–Crippen MR) is 75.2 cm³/mol. The second-order valence-electron chi connectivity index (χ2n) is 5.12. The minimum Gasteiger partial charge on any atom is -0.453 e. The van der Waals surface area contributed by atoms with E-state index in [1.165, 1.54) is 12.0 Å². The van der Waals surface area contributed by atoms with Crippen molar-refractivity contribution in [2.75, 3.05) is 13.7 Å². The Morgan fingerprint density at radius 2 is 2.05 bits per heavy atom. The first-order valence-electron chi connectivity index (χ1n) is 6.75. The Morgan fingerprint density at radius 3 is 2.65 bits per heavy atom. The lowest BCUT2D eigenvalue weighted by molar-refractivity contribution is -0.124. The molecule has 5 heteroatoms. The third-order valence-corrected chi connectivity index (χ3v) is 3.92. The van der Waals surface area contributed by atoms with Gasteiger partial charge in [0.1, 0.15) is 6.04 Å². The smallest absolute Gasteiger partial charge is 0.410 e. The van der Waals surface area contributed by atoms with E-state index in [1.807, 2.05) is 31.2 Å². The summed E-state index contributed by atoms with van der Waals surface area (Å²) in [5.41, 5.74) is 7.72. The van der Waals surface area contributed by atoms with Crippen LogP contribution in [-0.4, -0.2) is 36.6 Å². The van der Waals surface area contributed by atoms with Crippen LogP contribution in [-0.2, 0) is 9.53 Å². The van der Waals surface area contributed by atoms with E-state index in [9.17, 15) is 9.59 Å². The van der Waals surface area contributed by atoms with Crippen LogP contribution in [0.3, 0.4) is 0 Å². The maximum atomic E-state index is 11.9. The molecule has 108 valence electrons. The van der Waals surface area contributed by atoms with Gasteiger partial charge < -0.3 is 10.5 Å². The molecule has 20 heavy (non-hydrogen) atoms. The van der Waals surface area contributed by atoms with Gasteiger partial charge in [-0.15, -0.1) is 0 Å². The second-order valence-corrected chi connectivity index (χ2v) is 5.12. The van der Waals surface area contributed by atoms with Crippen LogP contribution >= 0.6 is 0 Å². The lowest BCUT2D eigenvalue weighted by Crippen LogP contribution is -2.54. The Bertz CT molecular complexity index is 516. The van der Waals surface area contributed by atoms with E-state index < -0.39 is 18.0 Å². The molecule has 2 amide bonds. The molecule has 0 aromatic heterocycles. The van der Waals surface area contributed by atoms with Gasteiger partial charge in [0.25, 0.3) is 0 Å². The molecule has 5 nitrogen and oxygen atoms in total. The molecule has 1 aliphatic heterocycles. The third-order valence-electron chi connectivity index (χ3n) is 3.92. The highest BCUT2D eigenvalue weighted by atomic mass is 16.5. The zero-order chi connectivity index (χ0) is 14.7. The second kappa shape index (κ2) is 5.94. The van der Waals surface area contributed by atoms with Gasteiger partial charge in [0.05, 0.1) is 7.11 Å². The number of carbonyl (C=O) groups excluding carboxylic acids is 2. The molecular weight excluding hydrogens is 256 g/mol. The van der Waals surface area contributed by atoms with Crippen LogP contribution in [0.1, 0.15) is 29.9 Å². The standard InChI is InChI=1S/C15H20N2O3/c1-10-6-3-4-7-11(10)12-8-5-9-17(15(19)20-2)13(12)14(16)18/h3-4,6-7,12-13H,5,8-9H2,1-2H3,(H2,16,18). The number of nitrogens with zero attached hydrogens (tertiary/aromatic N) is 1. The highest BCUT2D eigenvalue weighted by Gasteiger charge is 2.39. The molecule has 0 saturated carbocycles. The lowest BCUT2D eigenvalue weighted by atomic mass is 9.81. The monoisotopic (exact) mass is 276 g/mol. The van der Waals surface area contributed by atoms with Crippen LogP contribution in [0, 0.1) is 6.92 Å². The summed E-state index contributed by atoms with van der Waals surface area (Å²) in [7, 11) is 1.32. The van der Waals surface area contributed by atoms with Crippen molar-refractivity contribution in [2.24, 2.45) is 5.73 Å². The SMILES string of the molecule is COC(=O)N1CCCC(c2ccccc2C)C1C(N)=O. The molecule has 0 bridgehead atoms. The minimum atomic E-state index is -0.641. The number of aryl methyl sites for hydroxylation is 1. The van der Waals surface area contributed by atoms with Gasteiger partial charge in [-0.3, -0.25) is 9.69 Å². The van der Waals surface area contributed by atoms with Gasteiger partial charge >= 0.3 is 6.09 Å². The molecule has 0 radical (unpaired) electrons. The predicted octanol–water partition coefficient (Wildman–Crippen LogP) is 1.79. The molecule has 2 rings (SSSR count). The molecule has 2 N–H and O–H groups in total. The minimum absolute atomic E-state index is 0.0680. The van der Waals surface area contributed by atoms with E-state index in [-0.39, 0.29) is 5.92 Å². The maximum Gasteiger partial charge on any atom is 0.410 e. The van der Waals surface area contributed by atoms with Crippen LogP contribution in [0.4, 0.5) is 4.79 Å².